The summed E-state index contributed by atoms with van der Waals surface area (Å²) in [6, 6.07) is 0. The first kappa shape index (κ1) is 18.4. The zero-order valence-electron chi connectivity index (χ0n) is 14.2. The topological polar surface area (TPSA) is 47.6 Å². The molecule has 1 N–H and O–H groups in total. The molecule has 21 heavy (non-hydrogen) atoms. The van der Waals surface area contributed by atoms with E-state index < -0.39 is 5.54 Å². The molecule has 1 rings (SSSR count). The van der Waals surface area contributed by atoms with Crippen molar-refractivity contribution in [2.45, 2.75) is 77.4 Å². The van der Waals surface area contributed by atoms with E-state index in [0.717, 1.165) is 32.4 Å². The number of nitrogens with one attached hydrogen (secondary N) is 1. The Bertz CT molecular complexity index is 308. The summed E-state index contributed by atoms with van der Waals surface area (Å²) in [6.07, 6.45) is 7.59. The summed E-state index contributed by atoms with van der Waals surface area (Å²) in [5.74, 6) is 0.505. The number of hydrogen-bond donors (Lipinski definition) is 1. The van der Waals surface area contributed by atoms with Crippen molar-refractivity contribution in [2.75, 3.05) is 20.3 Å². The molecule has 1 fully saturated rings. The lowest BCUT2D eigenvalue weighted by Gasteiger charge is -2.27. The molecule has 0 bridgehead atoms. The first-order chi connectivity index (χ1) is 10.1. The van der Waals surface area contributed by atoms with Gasteiger partial charge in [0.15, 0.2) is 0 Å². The Kier molecular flexibility index (Phi) is 8.27. The molecule has 0 aromatic rings. The predicted octanol–water partition coefficient (Wildman–Crippen LogP) is 3.29. The zero-order valence-corrected chi connectivity index (χ0v) is 14.2. The van der Waals surface area contributed by atoms with Crippen LogP contribution >= 0.6 is 0 Å². The minimum absolute atomic E-state index is 0.145. The average Bonchev–Trinajstić information content (AvgIpc) is 2.91. The van der Waals surface area contributed by atoms with Gasteiger partial charge in [-0.05, 0) is 31.7 Å². The third-order valence-electron chi connectivity index (χ3n) is 4.67. The molecule has 124 valence electrons. The number of ether oxygens (including phenoxy) is 2. The van der Waals surface area contributed by atoms with Crippen molar-refractivity contribution in [2.24, 2.45) is 5.92 Å². The second kappa shape index (κ2) is 9.42. The van der Waals surface area contributed by atoms with E-state index >= 15 is 0 Å². The molecule has 4 nitrogen and oxygen atoms in total. The molecule has 1 saturated carbocycles. The molecule has 3 unspecified atom stereocenters. The van der Waals surface area contributed by atoms with Crippen LogP contribution in [0.2, 0.25) is 0 Å². The number of likely N-dealkylation sites (N-methyl/N-ethyl adjacent to an activating group) is 1. The lowest BCUT2D eigenvalue weighted by Crippen LogP contribution is -2.51. The van der Waals surface area contributed by atoms with Crippen molar-refractivity contribution in [1.82, 2.24) is 5.32 Å². The first-order valence-corrected chi connectivity index (χ1v) is 8.56. The van der Waals surface area contributed by atoms with Gasteiger partial charge >= 0.3 is 5.97 Å². The summed E-state index contributed by atoms with van der Waals surface area (Å²) in [5, 5.41) is 3.32. The molecule has 0 spiro atoms. The van der Waals surface area contributed by atoms with Crippen LogP contribution in [0.3, 0.4) is 0 Å². The van der Waals surface area contributed by atoms with E-state index in [-0.39, 0.29) is 12.1 Å². The summed E-state index contributed by atoms with van der Waals surface area (Å²) in [7, 11) is 1.47. The minimum atomic E-state index is -0.528. The van der Waals surface area contributed by atoms with E-state index in [9.17, 15) is 4.79 Å². The molecule has 0 aliphatic heterocycles. The van der Waals surface area contributed by atoms with Crippen LogP contribution in [0.15, 0.2) is 0 Å². The molecular formula is C17H33NO3. The lowest BCUT2D eigenvalue weighted by atomic mass is 9.97. The Morgan fingerprint density at radius 3 is 2.71 bits per heavy atom. The molecule has 0 radical (unpaired) electrons. The summed E-state index contributed by atoms with van der Waals surface area (Å²) in [4.78, 5) is 12.1. The Morgan fingerprint density at radius 1 is 1.38 bits per heavy atom. The van der Waals surface area contributed by atoms with Gasteiger partial charge in [-0.1, -0.05) is 40.0 Å². The molecule has 0 heterocycles. The number of esters is 1. The zero-order chi connectivity index (χ0) is 15.7. The van der Waals surface area contributed by atoms with Gasteiger partial charge in [-0.25, -0.2) is 0 Å². The molecule has 3 atom stereocenters. The number of methoxy groups -OCH3 is 1. The highest BCUT2D eigenvalue weighted by molar-refractivity contribution is 5.81. The highest BCUT2D eigenvalue weighted by Crippen LogP contribution is 2.33. The Hall–Kier alpha value is -0.610. The Morgan fingerprint density at radius 2 is 2.14 bits per heavy atom. The van der Waals surface area contributed by atoms with Crippen molar-refractivity contribution in [3.05, 3.63) is 0 Å². The molecule has 1 aliphatic rings. The third-order valence-corrected chi connectivity index (χ3v) is 4.67. The number of carbonyl (C=O) groups excluding carboxylic acids is 1. The SMILES string of the molecule is CCCCC(CC)COC1CCC(NCC)(C(=O)OC)C1. The molecule has 4 heteroatoms. The van der Waals surface area contributed by atoms with Gasteiger partial charge in [0.25, 0.3) is 0 Å². The maximum absolute atomic E-state index is 12.1. The maximum Gasteiger partial charge on any atom is 0.326 e. The highest BCUT2D eigenvalue weighted by atomic mass is 16.5. The van der Waals surface area contributed by atoms with Gasteiger partial charge in [0.05, 0.1) is 13.2 Å². The fourth-order valence-corrected chi connectivity index (χ4v) is 3.26. The van der Waals surface area contributed by atoms with Crippen LogP contribution in [-0.2, 0) is 14.3 Å². The predicted molar refractivity (Wildman–Crippen MR) is 85.3 cm³/mol. The highest BCUT2D eigenvalue weighted by Gasteiger charge is 2.46. The van der Waals surface area contributed by atoms with Gasteiger partial charge in [0.1, 0.15) is 5.54 Å². The quantitative estimate of drug-likeness (QED) is 0.629. The number of rotatable bonds is 10. The van der Waals surface area contributed by atoms with Gasteiger partial charge in [0.2, 0.25) is 0 Å². The second-order valence-electron chi connectivity index (χ2n) is 6.22. The van der Waals surface area contributed by atoms with E-state index in [2.05, 4.69) is 19.2 Å². The number of hydrogen-bond acceptors (Lipinski definition) is 4. The molecular weight excluding hydrogens is 266 g/mol. The Labute approximate surface area is 130 Å². The van der Waals surface area contributed by atoms with Gasteiger partial charge < -0.3 is 14.8 Å². The normalized spacial score (nSPS) is 26.8. The van der Waals surface area contributed by atoms with E-state index in [1.165, 1.54) is 32.8 Å². The largest absolute Gasteiger partial charge is 0.468 e. The average molecular weight is 299 g/mol. The molecule has 1 aliphatic carbocycles. The van der Waals surface area contributed by atoms with Crippen LogP contribution < -0.4 is 5.32 Å². The van der Waals surface area contributed by atoms with Crippen molar-refractivity contribution in [3.63, 3.8) is 0 Å². The molecule has 0 aromatic heterocycles. The van der Waals surface area contributed by atoms with E-state index in [1.807, 2.05) is 6.92 Å². The Balaban J connectivity index is 2.46. The monoisotopic (exact) mass is 299 g/mol. The summed E-state index contributed by atoms with van der Waals surface area (Å²) < 4.78 is 11.1. The second-order valence-corrected chi connectivity index (χ2v) is 6.22. The molecule has 0 aromatic carbocycles. The minimum Gasteiger partial charge on any atom is -0.468 e. The van der Waals surface area contributed by atoms with Gasteiger partial charge in [0, 0.05) is 13.0 Å². The molecule has 0 saturated heterocycles. The van der Waals surface area contributed by atoms with Crippen LogP contribution in [0.4, 0.5) is 0 Å². The molecule has 0 amide bonds. The van der Waals surface area contributed by atoms with Crippen LogP contribution in [-0.4, -0.2) is 37.9 Å². The third kappa shape index (κ3) is 5.26. The van der Waals surface area contributed by atoms with E-state index in [1.54, 1.807) is 0 Å². The number of unbranched alkanes of at least 4 members (excludes halogenated alkanes) is 1. The van der Waals surface area contributed by atoms with Gasteiger partial charge in [-0.2, -0.15) is 0 Å². The fourth-order valence-electron chi connectivity index (χ4n) is 3.26. The van der Waals surface area contributed by atoms with Crippen LogP contribution in [0.1, 0.15) is 65.7 Å². The van der Waals surface area contributed by atoms with Crippen molar-refractivity contribution in [1.29, 1.82) is 0 Å². The van der Waals surface area contributed by atoms with Crippen LogP contribution in [0.5, 0.6) is 0 Å². The first-order valence-electron chi connectivity index (χ1n) is 8.56. The van der Waals surface area contributed by atoms with Crippen molar-refractivity contribution in [3.8, 4) is 0 Å². The van der Waals surface area contributed by atoms with Crippen molar-refractivity contribution >= 4 is 5.97 Å². The van der Waals surface area contributed by atoms with Crippen LogP contribution in [0, 0.1) is 5.92 Å². The standard InChI is InChI=1S/C17H33NO3/c1-5-8-9-14(6-2)13-21-15-10-11-17(12-15,18-7-3)16(19)20-4/h14-15,18H,5-13H2,1-4H3. The van der Waals surface area contributed by atoms with Crippen LogP contribution in [0.25, 0.3) is 0 Å². The maximum atomic E-state index is 12.1. The van der Waals surface area contributed by atoms with Crippen molar-refractivity contribution < 1.29 is 14.3 Å². The summed E-state index contributed by atoms with van der Waals surface area (Å²) >= 11 is 0. The summed E-state index contributed by atoms with van der Waals surface area (Å²) in [6.45, 7) is 8.08. The lowest BCUT2D eigenvalue weighted by molar-refractivity contribution is -0.148. The number of carbonyl (C=O) groups is 1. The van der Waals surface area contributed by atoms with Gasteiger partial charge in [-0.15, -0.1) is 0 Å². The van der Waals surface area contributed by atoms with E-state index in [0.29, 0.717) is 5.92 Å². The fraction of sp³-hybridized carbons (Fsp3) is 0.941. The smallest absolute Gasteiger partial charge is 0.326 e. The van der Waals surface area contributed by atoms with Gasteiger partial charge in [-0.3, -0.25) is 4.79 Å². The summed E-state index contributed by atoms with van der Waals surface area (Å²) in [5.41, 5.74) is -0.528. The van der Waals surface area contributed by atoms with E-state index in [4.69, 9.17) is 9.47 Å².